The number of anilines is 1. The summed E-state index contributed by atoms with van der Waals surface area (Å²) in [5, 5.41) is 8.61. The molecular weight excluding hydrogens is 310 g/mol. The summed E-state index contributed by atoms with van der Waals surface area (Å²) in [6.45, 7) is 8.03. The van der Waals surface area contributed by atoms with Crippen molar-refractivity contribution in [1.29, 1.82) is 0 Å². The van der Waals surface area contributed by atoms with Crippen LogP contribution in [-0.2, 0) is 11.3 Å². The summed E-state index contributed by atoms with van der Waals surface area (Å²) in [7, 11) is 1.79. The lowest BCUT2D eigenvalue weighted by atomic mass is 10.3. The summed E-state index contributed by atoms with van der Waals surface area (Å²) in [6.07, 6.45) is 1.65. The number of hydrogen-bond acceptors (Lipinski definition) is 6. The number of aromatic nitrogens is 2. The van der Waals surface area contributed by atoms with E-state index in [1.807, 2.05) is 12.1 Å². The fourth-order valence-electron chi connectivity index (χ4n) is 2.74. The monoisotopic (exact) mass is 337 g/mol. The second-order valence-electron chi connectivity index (χ2n) is 5.93. The number of hydrogen-bond donors (Lipinski definition) is 1. The van der Waals surface area contributed by atoms with E-state index in [0.29, 0.717) is 18.7 Å². The van der Waals surface area contributed by atoms with Crippen LogP contribution in [0.2, 0.25) is 0 Å². The van der Waals surface area contributed by atoms with Crippen LogP contribution >= 0.6 is 12.6 Å². The quantitative estimate of drug-likeness (QED) is 0.760. The molecule has 1 fully saturated rings. The predicted octanol–water partition coefficient (Wildman–Crippen LogP) is 1.29. The van der Waals surface area contributed by atoms with Crippen molar-refractivity contribution >= 4 is 24.4 Å². The van der Waals surface area contributed by atoms with Gasteiger partial charge in [0.1, 0.15) is 0 Å². The number of thiol groups is 1. The van der Waals surface area contributed by atoms with Crippen molar-refractivity contribution in [2.24, 2.45) is 0 Å². The average Bonchev–Trinajstić information content (AvgIpc) is 2.57. The van der Waals surface area contributed by atoms with Gasteiger partial charge in [0.2, 0.25) is 5.91 Å². The predicted molar refractivity (Wildman–Crippen MR) is 95.9 cm³/mol. The molecule has 1 saturated heterocycles. The molecule has 1 aromatic rings. The second kappa shape index (κ2) is 9.08. The van der Waals surface area contributed by atoms with Crippen molar-refractivity contribution in [3.8, 4) is 0 Å². The van der Waals surface area contributed by atoms with Crippen LogP contribution in [-0.4, -0.2) is 71.4 Å². The highest BCUT2D eigenvalue weighted by Crippen LogP contribution is 2.13. The molecule has 0 aromatic carbocycles. The van der Waals surface area contributed by atoms with Gasteiger partial charge in [-0.05, 0) is 30.9 Å². The van der Waals surface area contributed by atoms with E-state index in [0.717, 1.165) is 37.7 Å². The minimum atomic E-state index is 0.0814. The van der Waals surface area contributed by atoms with Crippen LogP contribution in [0, 0.1) is 0 Å². The lowest BCUT2D eigenvalue weighted by Gasteiger charge is -2.35. The molecule has 1 aliphatic rings. The van der Waals surface area contributed by atoms with Gasteiger partial charge in [0.05, 0.1) is 12.2 Å². The molecule has 0 atom stereocenters. The summed E-state index contributed by atoms with van der Waals surface area (Å²) >= 11 is 4.09. The highest BCUT2D eigenvalue weighted by Gasteiger charge is 2.17. The largest absolute Gasteiger partial charge is 0.353 e. The molecule has 6 nitrogen and oxygen atoms in total. The summed E-state index contributed by atoms with van der Waals surface area (Å²) in [5.74, 6) is 1.57. The molecule has 0 unspecified atom stereocenters. The van der Waals surface area contributed by atoms with Crippen LogP contribution in [0.1, 0.15) is 25.5 Å². The van der Waals surface area contributed by atoms with E-state index < -0.39 is 0 Å². The van der Waals surface area contributed by atoms with Gasteiger partial charge >= 0.3 is 0 Å². The topological polar surface area (TPSA) is 52.6 Å². The van der Waals surface area contributed by atoms with E-state index in [1.165, 1.54) is 13.0 Å². The van der Waals surface area contributed by atoms with Crippen molar-refractivity contribution in [3.05, 3.63) is 17.8 Å². The standard InChI is InChI=1S/C16H27N5OS/c1-3-7-20-8-10-21(11-9-20)15-5-4-14(17-18-15)13-19(2)16(22)6-12-23/h4-5,23H,3,6-13H2,1-2H3. The summed E-state index contributed by atoms with van der Waals surface area (Å²) in [4.78, 5) is 18.2. The van der Waals surface area contributed by atoms with Crippen molar-refractivity contribution in [2.45, 2.75) is 26.3 Å². The third kappa shape index (κ3) is 5.35. The lowest BCUT2D eigenvalue weighted by Crippen LogP contribution is -2.46. The van der Waals surface area contributed by atoms with Gasteiger partial charge in [0.15, 0.2) is 5.82 Å². The Kier molecular flexibility index (Phi) is 7.11. The van der Waals surface area contributed by atoms with Crippen molar-refractivity contribution in [3.63, 3.8) is 0 Å². The molecule has 0 bridgehead atoms. The van der Waals surface area contributed by atoms with Gasteiger partial charge < -0.3 is 9.80 Å². The first kappa shape index (κ1) is 18.0. The van der Waals surface area contributed by atoms with E-state index in [4.69, 9.17) is 0 Å². The molecule has 1 aromatic heterocycles. The molecule has 7 heteroatoms. The molecule has 1 amide bonds. The lowest BCUT2D eigenvalue weighted by molar-refractivity contribution is -0.130. The van der Waals surface area contributed by atoms with Crippen LogP contribution in [0.3, 0.4) is 0 Å². The number of rotatable bonds is 7. The maximum absolute atomic E-state index is 11.8. The zero-order chi connectivity index (χ0) is 16.7. The Bertz CT molecular complexity index is 488. The maximum atomic E-state index is 11.8. The molecule has 2 heterocycles. The molecule has 128 valence electrons. The van der Waals surface area contributed by atoms with Gasteiger partial charge in [-0.1, -0.05) is 6.92 Å². The number of nitrogens with zero attached hydrogens (tertiary/aromatic N) is 5. The number of carbonyl (C=O) groups is 1. The third-order valence-electron chi connectivity index (χ3n) is 4.09. The molecule has 0 spiro atoms. The zero-order valence-electron chi connectivity index (χ0n) is 14.1. The normalized spacial score (nSPS) is 15.7. The fraction of sp³-hybridized carbons (Fsp3) is 0.688. The van der Waals surface area contributed by atoms with Gasteiger partial charge in [-0.15, -0.1) is 5.10 Å². The Labute approximate surface area is 144 Å². The number of amides is 1. The first-order chi connectivity index (χ1) is 11.1. The Morgan fingerprint density at radius 2 is 2.00 bits per heavy atom. The average molecular weight is 337 g/mol. The summed E-state index contributed by atoms with van der Waals surface area (Å²) in [5.41, 5.74) is 0.813. The Morgan fingerprint density at radius 1 is 1.26 bits per heavy atom. The molecule has 0 saturated carbocycles. The van der Waals surface area contributed by atoms with E-state index in [1.54, 1.807) is 11.9 Å². The summed E-state index contributed by atoms with van der Waals surface area (Å²) < 4.78 is 0. The molecule has 23 heavy (non-hydrogen) atoms. The Balaban J connectivity index is 1.86. The van der Waals surface area contributed by atoms with E-state index in [2.05, 4.69) is 39.5 Å². The van der Waals surface area contributed by atoms with E-state index in [-0.39, 0.29) is 5.91 Å². The van der Waals surface area contributed by atoms with Gasteiger partial charge in [-0.2, -0.15) is 17.7 Å². The second-order valence-corrected chi connectivity index (χ2v) is 6.38. The van der Waals surface area contributed by atoms with Crippen LogP contribution in [0.4, 0.5) is 5.82 Å². The molecule has 0 aliphatic carbocycles. The Hall–Kier alpha value is -1.34. The highest BCUT2D eigenvalue weighted by molar-refractivity contribution is 7.80. The van der Waals surface area contributed by atoms with Gasteiger partial charge in [0.25, 0.3) is 0 Å². The van der Waals surface area contributed by atoms with Gasteiger partial charge in [0, 0.05) is 39.6 Å². The molecule has 0 N–H and O–H groups in total. The molecule has 2 rings (SSSR count). The van der Waals surface area contributed by atoms with Gasteiger partial charge in [-0.25, -0.2) is 0 Å². The Morgan fingerprint density at radius 3 is 2.57 bits per heavy atom. The summed E-state index contributed by atoms with van der Waals surface area (Å²) in [6, 6.07) is 3.97. The molecule has 0 radical (unpaired) electrons. The minimum Gasteiger partial charge on any atom is -0.353 e. The minimum absolute atomic E-state index is 0.0814. The first-order valence-corrected chi connectivity index (χ1v) is 8.92. The highest BCUT2D eigenvalue weighted by atomic mass is 32.1. The molecule has 1 aliphatic heterocycles. The number of carbonyl (C=O) groups excluding carboxylic acids is 1. The third-order valence-corrected chi connectivity index (χ3v) is 4.32. The zero-order valence-corrected chi connectivity index (χ0v) is 15.0. The van der Waals surface area contributed by atoms with Crippen LogP contribution in [0.15, 0.2) is 12.1 Å². The first-order valence-electron chi connectivity index (χ1n) is 8.28. The van der Waals surface area contributed by atoms with E-state index in [9.17, 15) is 4.79 Å². The van der Waals surface area contributed by atoms with E-state index >= 15 is 0 Å². The van der Waals surface area contributed by atoms with Crippen molar-refractivity contribution in [1.82, 2.24) is 20.0 Å². The smallest absolute Gasteiger partial charge is 0.223 e. The number of piperazine rings is 1. The van der Waals surface area contributed by atoms with Crippen LogP contribution in [0.25, 0.3) is 0 Å². The van der Waals surface area contributed by atoms with Crippen LogP contribution < -0.4 is 4.90 Å². The van der Waals surface area contributed by atoms with Crippen molar-refractivity contribution in [2.75, 3.05) is 50.4 Å². The van der Waals surface area contributed by atoms with Crippen LogP contribution in [0.5, 0.6) is 0 Å². The SMILES string of the molecule is CCCN1CCN(c2ccc(CN(C)C(=O)CCS)nn2)CC1. The molecular formula is C16H27N5OS. The fourth-order valence-corrected chi connectivity index (χ4v) is 2.93. The van der Waals surface area contributed by atoms with Gasteiger partial charge in [-0.3, -0.25) is 9.69 Å². The van der Waals surface area contributed by atoms with Crippen molar-refractivity contribution < 1.29 is 4.79 Å². The maximum Gasteiger partial charge on any atom is 0.223 e.